The van der Waals surface area contributed by atoms with E-state index in [0.717, 1.165) is 21.7 Å². The van der Waals surface area contributed by atoms with Gasteiger partial charge in [-0.05, 0) is 51.5 Å². The second kappa shape index (κ2) is 8.58. The first kappa shape index (κ1) is 21.4. The number of rotatable bonds is 7. The SMILES string of the molecule is COc1cc(C(=O)Nc2sc(C)c(C)c2C(N)=O)ccc1OCc1c(C)noc1C. The predicted octanol–water partition coefficient (Wildman–Crippen LogP) is 3.91. The Morgan fingerprint density at radius 3 is 2.53 bits per heavy atom. The normalized spacial score (nSPS) is 10.7. The third-order valence-electron chi connectivity index (χ3n) is 4.84. The van der Waals surface area contributed by atoms with Gasteiger partial charge in [-0.3, -0.25) is 9.59 Å². The molecular formula is C21H23N3O5S. The van der Waals surface area contributed by atoms with Gasteiger partial charge in [-0.2, -0.15) is 0 Å². The van der Waals surface area contributed by atoms with Crippen molar-refractivity contribution < 1.29 is 23.6 Å². The molecule has 3 aromatic rings. The Bertz CT molecular complexity index is 1100. The van der Waals surface area contributed by atoms with Crippen molar-refractivity contribution in [1.82, 2.24) is 5.16 Å². The highest BCUT2D eigenvalue weighted by molar-refractivity contribution is 7.16. The molecule has 0 aliphatic heterocycles. The fourth-order valence-corrected chi connectivity index (χ4v) is 4.03. The Morgan fingerprint density at radius 1 is 1.20 bits per heavy atom. The topological polar surface area (TPSA) is 117 Å². The molecule has 3 rings (SSSR count). The molecule has 0 unspecified atom stereocenters. The minimum absolute atomic E-state index is 0.263. The van der Waals surface area contributed by atoms with Crippen molar-refractivity contribution in [3.05, 3.63) is 56.8 Å². The zero-order valence-electron chi connectivity index (χ0n) is 17.4. The van der Waals surface area contributed by atoms with Gasteiger partial charge in [0.1, 0.15) is 17.4 Å². The van der Waals surface area contributed by atoms with Crippen LogP contribution in [0.15, 0.2) is 22.7 Å². The number of aromatic nitrogens is 1. The van der Waals surface area contributed by atoms with Crippen molar-refractivity contribution >= 4 is 28.2 Å². The lowest BCUT2D eigenvalue weighted by Gasteiger charge is -2.12. The Hall–Kier alpha value is -3.33. The summed E-state index contributed by atoms with van der Waals surface area (Å²) < 4.78 is 16.4. The first-order valence-electron chi connectivity index (χ1n) is 9.16. The lowest BCUT2D eigenvalue weighted by atomic mass is 10.1. The van der Waals surface area contributed by atoms with Crippen LogP contribution in [-0.4, -0.2) is 24.1 Å². The number of aryl methyl sites for hydroxylation is 3. The van der Waals surface area contributed by atoms with Gasteiger partial charge >= 0.3 is 0 Å². The summed E-state index contributed by atoms with van der Waals surface area (Å²) in [7, 11) is 1.50. The molecular weight excluding hydrogens is 406 g/mol. The molecule has 2 amide bonds. The molecule has 0 fully saturated rings. The maximum atomic E-state index is 12.7. The van der Waals surface area contributed by atoms with E-state index in [1.165, 1.54) is 18.4 Å². The molecule has 0 radical (unpaired) electrons. The molecule has 0 saturated heterocycles. The van der Waals surface area contributed by atoms with Crippen molar-refractivity contribution in [3.63, 3.8) is 0 Å². The number of thiophene rings is 1. The van der Waals surface area contributed by atoms with Crippen LogP contribution in [-0.2, 0) is 6.61 Å². The third-order valence-corrected chi connectivity index (χ3v) is 5.96. The Kier molecular flexibility index (Phi) is 6.12. The molecule has 1 aromatic carbocycles. The molecule has 158 valence electrons. The Morgan fingerprint density at radius 2 is 1.93 bits per heavy atom. The number of carbonyl (C=O) groups is 2. The van der Waals surface area contributed by atoms with Crippen molar-refractivity contribution in [2.45, 2.75) is 34.3 Å². The largest absolute Gasteiger partial charge is 0.493 e. The second-order valence-electron chi connectivity index (χ2n) is 6.76. The van der Waals surface area contributed by atoms with Crippen LogP contribution in [0.3, 0.4) is 0 Å². The van der Waals surface area contributed by atoms with E-state index >= 15 is 0 Å². The molecule has 0 saturated carbocycles. The number of methoxy groups -OCH3 is 1. The average Bonchev–Trinajstić information content (AvgIpc) is 3.17. The van der Waals surface area contributed by atoms with Crippen LogP contribution < -0.4 is 20.5 Å². The first-order chi connectivity index (χ1) is 14.2. The van der Waals surface area contributed by atoms with Crippen molar-refractivity contribution in [1.29, 1.82) is 0 Å². The van der Waals surface area contributed by atoms with Crippen LogP contribution in [0.1, 0.15) is 48.2 Å². The summed E-state index contributed by atoms with van der Waals surface area (Å²) in [4.78, 5) is 25.4. The van der Waals surface area contributed by atoms with E-state index in [0.29, 0.717) is 33.4 Å². The first-order valence-corrected chi connectivity index (χ1v) is 9.98. The van der Waals surface area contributed by atoms with Crippen molar-refractivity contribution in [2.75, 3.05) is 12.4 Å². The van der Waals surface area contributed by atoms with Crippen molar-refractivity contribution in [3.8, 4) is 11.5 Å². The summed E-state index contributed by atoms with van der Waals surface area (Å²) in [5.74, 6) is 0.620. The molecule has 3 N–H and O–H groups in total. The Labute approximate surface area is 178 Å². The predicted molar refractivity (Wildman–Crippen MR) is 114 cm³/mol. The average molecular weight is 429 g/mol. The number of hydrogen-bond acceptors (Lipinski definition) is 7. The molecule has 8 nitrogen and oxygen atoms in total. The number of nitrogens with one attached hydrogen (secondary N) is 1. The van der Waals surface area contributed by atoms with Gasteiger partial charge in [0.2, 0.25) is 0 Å². The summed E-state index contributed by atoms with van der Waals surface area (Å²) in [5.41, 5.74) is 8.55. The van der Waals surface area contributed by atoms with Gasteiger partial charge in [0.15, 0.2) is 11.5 Å². The number of primary amides is 1. The summed E-state index contributed by atoms with van der Waals surface area (Å²) >= 11 is 1.31. The molecule has 9 heteroatoms. The van der Waals surface area contributed by atoms with Gasteiger partial charge in [-0.15, -0.1) is 11.3 Å². The fourth-order valence-electron chi connectivity index (χ4n) is 2.97. The van der Waals surface area contributed by atoms with Gasteiger partial charge in [0.05, 0.1) is 23.9 Å². The van der Waals surface area contributed by atoms with Crippen LogP contribution in [0.25, 0.3) is 0 Å². The summed E-state index contributed by atoms with van der Waals surface area (Å²) in [6, 6.07) is 4.86. The minimum Gasteiger partial charge on any atom is -0.493 e. The lowest BCUT2D eigenvalue weighted by Crippen LogP contribution is -2.17. The highest BCUT2D eigenvalue weighted by Gasteiger charge is 2.20. The molecule has 0 aliphatic carbocycles. The summed E-state index contributed by atoms with van der Waals surface area (Å²) in [6.07, 6.45) is 0. The zero-order valence-corrected chi connectivity index (χ0v) is 18.2. The summed E-state index contributed by atoms with van der Waals surface area (Å²) in [5, 5.41) is 7.11. The van der Waals surface area contributed by atoms with Crippen LogP contribution in [0.5, 0.6) is 11.5 Å². The molecule has 2 aromatic heterocycles. The standard InChI is InChI=1S/C21H23N3O5S/c1-10-13(4)30-21(18(10)19(22)25)23-20(26)14-6-7-16(17(8-14)27-5)28-9-15-11(2)24-29-12(15)3/h6-8H,9H2,1-5H3,(H2,22,25)(H,23,26). The third kappa shape index (κ3) is 4.16. The number of benzene rings is 1. The quantitative estimate of drug-likeness (QED) is 0.588. The van der Waals surface area contributed by atoms with Gasteiger partial charge in [0, 0.05) is 10.4 Å². The van der Waals surface area contributed by atoms with Crippen LogP contribution in [0.2, 0.25) is 0 Å². The molecule has 0 aliphatic rings. The number of nitrogens with two attached hydrogens (primary N) is 1. The van der Waals surface area contributed by atoms with E-state index in [-0.39, 0.29) is 12.5 Å². The van der Waals surface area contributed by atoms with E-state index in [1.54, 1.807) is 25.1 Å². The minimum atomic E-state index is -0.576. The highest BCUT2D eigenvalue weighted by Crippen LogP contribution is 2.33. The molecule has 0 atom stereocenters. The number of amides is 2. The number of nitrogens with zero attached hydrogens (tertiary/aromatic N) is 1. The van der Waals surface area contributed by atoms with Crippen molar-refractivity contribution in [2.24, 2.45) is 5.73 Å². The molecule has 0 spiro atoms. The second-order valence-corrected chi connectivity index (χ2v) is 7.99. The number of hydrogen-bond donors (Lipinski definition) is 2. The number of ether oxygens (including phenoxy) is 2. The van der Waals surface area contributed by atoms with Crippen LogP contribution in [0, 0.1) is 27.7 Å². The van der Waals surface area contributed by atoms with Gasteiger partial charge in [-0.1, -0.05) is 5.16 Å². The molecule has 0 bridgehead atoms. The van der Waals surface area contributed by atoms with E-state index in [1.807, 2.05) is 20.8 Å². The maximum absolute atomic E-state index is 12.7. The maximum Gasteiger partial charge on any atom is 0.256 e. The summed E-state index contributed by atoms with van der Waals surface area (Å²) in [6.45, 7) is 7.59. The van der Waals surface area contributed by atoms with Gasteiger partial charge in [0.25, 0.3) is 11.8 Å². The zero-order chi connectivity index (χ0) is 22.0. The van der Waals surface area contributed by atoms with Crippen LogP contribution in [0.4, 0.5) is 5.00 Å². The molecule has 2 heterocycles. The fraction of sp³-hybridized carbons (Fsp3) is 0.286. The molecule has 30 heavy (non-hydrogen) atoms. The monoisotopic (exact) mass is 429 g/mol. The van der Waals surface area contributed by atoms with E-state index in [9.17, 15) is 9.59 Å². The Balaban J connectivity index is 1.80. The van der Waals surface area contributed by atoms with Gasteiger partial charge < -0.3 is 25.0 Å². The smallest absolute Gasteiger partial charge is 0.256 e. The number of anilines is 1. The lowest BCUT2D eigenvalue weighted by molar-refractivity contribution is 0.100. The van der Waals surface area contributed by atoms with E-state index < -0.39 is 5.91 Å². The van der Waals surface area contributed by atoms with E-state index in [4.69, 9.17) is 19.7 Å². The van der Waals surface area contributed by atoms with Crippen LogP contribution >= 0.6 is 11.3 Å². The van der Waals surface area contributed by atoms with Gasteiger partial charge in [-0.25, -0.2) is 0 Å². The number of carbonyl (C=O) groups excluding carboxylic acids is 2. The van der Waals surface area contributed by atoms with E-state index in [2.05, 4.69) is 10.5 Å². The highest BCUT2D eigenvalue weighted by atomic mass is 32.1.